The summed E-state index contributed by atoms with van der Waals surface area (Å²) in [6, 6.07) is 12.4. The van der Waals surface area contributed by atoms with E-state index >= 15 is 0 Å². The first kappa shape index (κ1) is 21.2. The number of carbonyl (C=O) groups is 3. The molecule has 1 aliphatic rings. The van der Waals surface area contributed by atoms with Gasteiger partial charge < -0.3 is 24.4 Å². The lowest BCUT2D eigenvalue weighted by Gasteiger charge is -2.21. The lowest BCUT2D eigenvalue weighted by atomic mass is 10.1. The van der Waals surface area contributed by atoms with E-state index in [0.29, 0.717) is 36.9 Å². The van der Waals surface area contributed by atoms with Gasteiger partial charge >= 0.3 is 5.97 Å². The summed E-state index contributed by atoms with van der Waals surface area (Å²) in [5.41, 5.74) is 2.27. The average Bonchev–Trinajstić information content (AvgIpc) is 2.73. The molecular formula is C22H24N2O6. The molecule has 8 heteroatoms. The molecule has 3 rings (SSSR count). The fourth-order valence-corrected chi connectivity index (χ4v) is 2.93. The van der Waals surface area contributed by atoms with Gasteiger partial charge in [0.25, 0.3) is 5.91 Å². The molecule has 2 aromatic carbocycles. The number of nitrogens with zero attached hydrogens (tertiary/aromatic N) is 1. The minimum absolute atomic E-state index is 0.0412. The minimum atomic E-state index is -0.497. The third-order valence-electron chi connectivity index (χ3n) is 4.43. The monoisotopic (exact) mass is 412 g/mol. The number of anilines is 1. The summed E-state index contributed by atoms with van der Waals surface area (Å²) in [6.07, 6.45) is 0.0412. The van der Waals surface area contributed by atoms with Gasteiger partial charge in [0.1, 0.15) is 13.2 Å². The number of benzene rings is 2. The number of hydrogen-bond acceptors (Lipinski definition) is 6. The van der Waals surface area contributed by atoms with Crippen molar-refractivity contribution in [2.24, 2.45) is 0 Å². The van der Waals surface area contributed by atoms with Gasteiger partial charge in [0.05, 0.1) is 6.42 Å². The predicted octanol–water partition coefficient (Wildman–Crippen LogP) is 2.16. The number of fused-ring (bicyclic) bond motifs is 1. The van der Waals surface area contributed by atoms with Gasteiger partial charge in [-0.25, -0.2) is 0 Å². The van der Waals surface area contributed by atoms with Crippen LogP contribution in [-0.4, -0.2) is 49.6 Å². The highest BCUT2D eigenvalue weighted by Crippen LogP contribution is 2.31. The van der Waals surface area contributed by atoms with E-state index in [4.69, 9.17) is 14.2 Å². The Morgan fingerprint density at radius 2 is 1.67 bits per heavy atom. The van der Waals surface area contributed by atoms with Crippen molar-refractivity contribution in [3.05, 3.63) is 53.6 Å². The van der Waals surface area contributed by atoms with Crippen LogP contribution in [-0.2, 0) is 32.1 Å². The molecule has 1 N–H and O–H groups in total. The second-order valence-corrected chi connectivity index (χ2v) is 6.94. The fourth-order valence-electron chi connectivity index (χ4n) is 2.93. The molecule has 0 fully saturated rings. The number of nitrogens with one attached hydrogen (secondary N) is 1. The van der Waals surface area contributed by atoms with Crippen molar-refractivity contribution >= 4 is 23.5 Å². The summed E-state index contributed by atoms with van der Waals surface area (Å²) in [7, 11) is 1.65. The highest BCUT2D eigenvalue weighted by atomic mass is 16.6. The summed E-state index contributed by atoms with van der Waals surface area (Å²) in [6.45, 7) is 2.47. The van der Waals surface area contributed by atoms with E-state index in [1.165, 1.54) is 11.8 Å². The van der Waals surface area contributed by atoms with E-state index < -0.39 is 5.97 Å². The van der Waals surface area contributed by atoms with Gasteiger partial charge in [0, 0.05) is 26.2 Å². The molecule has 1 heterocycles. The van der Waals surface area contributed by atoms with E-state index in [9.17, 15) is 14.4 Å². The number of likely N-dealkylation sites (N-methyl/N-ethyl adjacent to an activating group) is 1. The van der Waals surface area contributed by atoms with Crippen molar-refractivity contribution in [2.45, 2.75) is 19.9 Å². The highest BCUT2D eigenvalue weighted by Gasteiger charge is 2.16. The third kappa shape index (κ3) is 5.97. The van der Waals surface area contributed by atoms with E-state index in [1.54, 1.807) is 31.3 Å². The van der Waals surface area contributed by atoms with Crippen LogP contribution in [0, 0.1) is 0 Å². The number of amides is 2. The summed E-state index contributed by atoms with van der Waals surface area (Å²) < 4.78 is 16.1. The van der Waals surface area contributed by atoms with Crippen LogP contribution in [0.4, 0.5) is 5.69 Å². The minimum Gasteiger partial charge on any atom is -0.486 e. The molecule has 0 atom stereocenters. The van der Waals surface area contributed by atoms with Crippen LogP contribution in [0.25, 0.3) is 0 Å². The van der Waals surface area contributed by atoms with Crippen LogP contribution in [0.3, 0.4) is 0 Å². The van der Waals surface area contributed by atoms with Gasteiger partial charge in [-0.05, 0) is 35.4 Å². The number of ether oxygens (including phenoxy) is 3. The summed E-state index contributed by atoms with van der Waals surface area (Å²) >= 11 is 0. The molecule has 0 bridgehead atoms. The maximum atomic E-state index is 12.3. The van der Waals surface area contributed by atoms with Crippen molar-refractivity contribution in [1.82, 2.24) is 4.90 Å². The van der Waals surface area contributed by atoms with Crippen molar-refractivity contribution in [3.8, 4) is 11.5 Å². The average molecular weight is 412 g/mol. The SMILES string of the molecule is CC(=O)Nc1ccc(CC(=O)OCC(=O)N(C)Cc2ccc3c(c2)OCCO3)cc1. The van der Waals surface area contributed by atoms with Gasteiger partial charge in [0.15, 0.2) is 18.1 Å². The molecule has 0 saturated heterocycles. The molecular weight excluding hydrogens is 388 g/mol. The molecule has 2 aromatic rings. The Morgan fingerprint density at radius 1 is 1.00 bits per heavy atom. The molecule has 0 radical (unpaired) electrons. The van der Waals surface area contributed by atoms with Crippen LogP contribution < -0.4 is 14.8 Å². The predicted molar refractivity (Wildman–Crippen MR) is 109 cm³/mol. The van der Waals surface area contributed by atoms with E-state index in [1.807, 2.05) is 18.2 Å². The molecule has 8 nitrogen and oxygen atoms in total. The first-order valence-electron chi connectivity index (χ1n) is 9.55. The van der Waals surface area contributed by atoms with E-state index in [-0.39, 0.29) is 24.8 Å². The molecule has 0 saturated carbocycles. The van der Waals surface area contributed by atoms with Crippen molar-refractivity contribution < 1.29 is 28.6 Å². The Balaban J connectivity index is 1.45. The van der Waals surface area contributed by atoms with Crippen LogP contribution in [0.15, 0.2) is 42.5 Å². The Labute approximate surface area is 174 Å². The first-order chi connectivity index (χ1) is 14.4. The molecule has 1 aliphatic heterocycles. The van der Waals surface area contributed by atoms with Crippen molar-refractivity contribution in [3.63, 3.8) is 0 Å². The Bertz CT molecular complexity index is 926. The smallest absolute Gasteiger partial charge is 0.310 e. The lowest BCUT2D eigenvalue weighted by molar-refractivity contribution is -0.151. The Morgan fingerprint density at radius 3 is 2.37 bits per heavy atom. The maximum Gasteiger partial charge on any atom is 0.310 e. The van der Waals surface area contributed by atoms with Crippen molar-refractivity contribution in [1.29, 1.82) is 0 Å². The Hall–Kier alpha value is -3.55. The van der Waals surface area contributed by atoms with Gasteiger partial charge in [-0.3, -0.25) is 14.4 Å². The zero-order valence-electron chi connectivity index (χ0n) is 17.0. The zero-order valence-corrected chi connectivity index (χ0v) is 17.0. The van der Waals surface area contributed by atoms with Crippen LogP contribution >= 0.6 is 0 Å². The fraction of sp³-hybridized carbons (Fsp3) is 0.318. The van der Waals surface area contributed by atoms with Crippen molar-refractivity contribution in [2.75, 3.05) is 32.2 Å². The quantitative estimate of drug-likeness (QED) is 0.701. The molecule has 158 valence electrons. The lowest BCUT2D eigenvalue weighted by Crippen LogP contribution is -2.31. The largest absolute Gasteiger partial charge is 0.486 e. The highest BCUT2D eigenvalue weighted by molar-refractivity contribution is 5.88. The zero-order chi connectivity index (χ0) is 21.5. The van der Waals surface area contributed by atoms with Crippen LogP contribution in [0.5, 0.6) is 11.5 Å². The van der Waals surface area contributed by atoms with Gasteiger partial charge in [-0.2, -0.15) is 0 Å². The van der Waals surface area contributed by atoms with Crippen LogP contribution in [0.2, 0.25) is 0 Å². The summed E-state index contributed by atoms with van der Waals surface area (Å²) in [5, 5.41) is 2.65. The van der Waals surface area contributed by atoms with E-state index in [2.05, 4.69) is 5.32 Å². The Kier molecular flexibility index (Phi) is 6.90. The maximum absolute atomic E-state index is 12.3. The summed E-state index contributed by atoms with van der Waals surface area (Å²) in [4.78, 5) is 36.8. The normalized spacial score (nSPS) is 12.1. The molecule has 0 aliphatic carbocycles. The molecule has 30 heavy (non-hydrogen) atoms. The molecule has 2 amide bonds. The summed E-state index contributed by atoms with van der Waals surface area (Å²) in [5.74, 6) is 0.386. The van der Waals surface area contributed by atoms with Gasteiger partial charge in [0.2, 0.25) is 5.91 Å². The van der Waals surface area contributed by atoms with Gasteiger partial charge in [-0.15, -0.1) is 0 Å². The second-order valence-electron chi connectivity index (χ2n) is 6.94. The number of rotatable bonds is 7. The number of hydrogen-bond donors (Lipinski definition) is 1. The van der Waals surface area contributed by atoms with E-state index in [0.717, 1.165) is 11.1 Å². The number of carbonyl (C=O) groups excluding carboxylic acids is 3. The second kappa shape index (κ2) is 9.78. The standard InChI is InChI=1S/C22H24N2O6/c1-15(25)23-18-6-3-16(4-7-18)12-22(27)30-14-21(26)24(2)13-17-5-8-19-20(11-17)29-10-9-28-19/h3-8,11H,9-10,12-14H2,1-2H3,(H,23,25). The number of esters is 1. The van der Waals surface area contributed by atoms with Gasteiger partial charge in [-0.1, -0.05) is 18.2 Å². The topological polar surface area (TPSA) is 94.2 Å². The molecule has 0 aromatic heterocycles. The third-order valence-corrected chi connectivity index (χ3v) is 4.43. The molecule has 0 spiro atoms. The van der Waals surface area contributed by atoms with Crippen LogP contribution in [0.1, 0.15) is 18.1 Å². The molecule has 0 unspecified atom stereocenters. The first-order valence-corrected chi connectivity index (χ1v) is 9.55.